The first kappa shape index (κ1) is 27.9. The van der Waals surface area contributed by atoms with Gasteiger partial charge < -0.3 is 29.2 Å². The Morgan fingerprint density at radius 3 is 1.73 bits per heavy atom. The molecule has 2 aromatic heterocycles. The number of aromatic nitrogens is 4. The number of hydrogen-bond acceptors (Lipinski definition) is 6. The van der Waals surface area contributed by atoms with Crippen LogP contribution in [0.25, 0.3) is 22.1 Å². The summed E-state index contributed by atoms with van der Waals surface area (Å²) < 4.78 is 3.98. The van der Waals surface area contributed by atoms with Gasteiger partial charge in [-0.25, -0.2) is 9.97 Å². The van der Waals surface area contributed by atoms with E-state index in [1.165, 1.54) is 0 Å². The SMILES string of the molecule is OB(O)c1ccc(Cn2cnc3c(Cl)cccc32)cc1.OB(O)c1ccc(Cn2cnc3cccc(Cl)c32)cc1. The van der Waals surface area contributed by atoms with Crippen LogP contribution in [0.4, 0.5) is 0 Å². The molecule has 200 valence electrons. The van der Waals surface area contributed by atoms with E-state index in [0.29, 0.717) is 34.1 Å². The lowest BCUT2D eigenvalue weighted by Crippen LogP contribution is -2.29. The average molecular weight is 573 g/mol. The molecule has 40 heavy (non-hydrogen) atoms. The van der Waals surface area contributed by atoms with Crippen LogP contribution in [-0.2, 0) is 13.1 Å². The molecule has 0 saturated carbocycles. The summed E-state index contributed by atoms with van der Waals surface area (Å²) >= 11 is 12.3. The molecule has 0 bridgehead atoms. The van der Waals surface area contributed by atoms with Gasteiger partial charge >= 0.3 is 14.2 Å². The van der Waals surface area contributed by atoms with E-state index in [-0.39, 0.29) is 0 Å². The van der Waals surface area contributed by atoms with Gasteiger partial charge in [-0.15, -0.1) is 0 Å². The first-order valence-electron chi connectivity index (χ1n) is 12.4. The molecule has 2 heterocycles. The summed E-state index contributed by atoms with van der Waals surface area (Å²) in [6.07, 6.45) is 3.51. The highest BCUT2D eigenvalue weighted by Gasteiger charge is 2.12. The van der Waals surface area contributed by atoms with Crippen LogP contribution in [0.1, 0.15) is 11.1 Å². The zero-order chi connectivity index (χ0) is 28.2. The summed E-state index contributed by atoms with van der Waals surface area (Å²) in [5.74, 6) is 0. The van der Waals surface area contributed by atoms with Crippen LogP contribution >= 0.6 is 23.2 Å². The second-order valence-electron chi connectivity index (χ2n) is 9.19. The van der Waals surface area contributed by atoms with Crippen LogP contribution in [0, 0.1) is 0 Å². The molecule has 0 radical (unpaired) electrons. The zero-order valence-electron chi connectivity index (χ0n) is 21.1. The molecular weight excluding hydrogens is 549 g/mol. The molecule has 6 rings (SSSR count). The average Bonchev–Trinajstić information content (AvgIpc) is 3.55. The second kappa shape index (κ2) is 12.3. The molecule has 8 nitrogen and oxygen atoms in total. The Hall–Kier alpha value is -3.63. The Morgan fingerprint density at radius 1 is 0.600 bits per heavy atom. The minimum atomic E-state index is -1.44. The van der Waals surface area contributed by atoms with E-state index >= 15 is 0 Å². The minimum Gasteiger partial charge on any atom is -0.423 e. The number of para-hydroxylation sites is 2. The van der Waals surface area contributed by atoms with Crippen molar-refractivity contribution in [3.63, 3.8) is 0 Å². The Labute approximate surface area is 241 Å². The third-order valence-corrected chi connectivity index (χ3v) is 7.06. The van der Waals surface area contributed by atoms with Gasteiger partial charge in [-0.05, 0) is 46.3 Å². The fourth-order valence-corrected chi connectivity index (χ4v) is 4.86. The number of benzene rings is 4. The maximum Gasteiger partial charge on any atom is 0.488 e. The molecule has 0 atom stereocenters. The van der Waals surface area contributed by atoms with Crippen LogP contribution in [0.3, 0.4) is 0 Å². The lowest BCUT2D eigenvalue weighted by Gasteiger charge is -2.07. The molecule has 0 saturated heterocycles. The van der Waals surface area contributed by atoms with Gasteiger partial charge in [0.1, 0.15) is 5.52 Å². The molecule has 4 N–H and O–H groups in total. The summed E-state index contributed by atoms with van der Waals surface area (Å²) in [6, 6.07) is 25.6. The van der Waals surface area contributed by atoms with E-state index in [4.69, 9.17) is 43.3 Å². The van der Waals surface area contributed by atoms with Crippen LogP contribution in [0.5, 0.6) is 0 Å². The van der Waals surface area contributed by atoms with E-state index in [0.717, 1.165) is 33.2 Å². The van der Waals surface area contributed by atoms with Gasteiger partial charge in [-0.1, -0.05) is 83.9 Å². The van der Waals surface area contributed by atoms with E-state index < -0.39 is 14.2 Å². The topological polar surface area (TPSA) is 117 Å². The Bertz CT molecular complexity index is 1740. The van der Waals surface area contributed by atoms with Gasteiger partial charge in [0, 0.05) is 13.1 Å². The van der Waals surface area contributed by atoms with Gasteiger partial charge in [0.2, 0.25) is 0 Å². The maximum atomic E-state index is 9.07. The maximum absolute atomic E-state index is 9.07. The normalized spacial score (nSPS) is 10.9. The van der Waals surface area contributed by atoms with Crippen LogP contribution in [0.15, 0.2) is 97.6 Å². The van der Waals surface area contributed by atoms with Crippen LogP contribution in [0.2, 0.25) is 10.0 Å². The molecule has 6 aromatic rings. The van der Waals surface area contributed by atoms with Crippen molar-refractivity contribution >= 4 is 70.4 Å². The molecule has 0 spiro atoms. The van der Waals surface area contributed by atoms with E-state index in [9.17, 15) is 0 Å². The predicted octanol–water partition coefficient (Wildman–Crippen LogP) is 2.84. The van der Waals surface area contributed by atoms with Crippen molar-refractivity contribution in [3.05, 3.63) is 119 Å². The molecule has 0 amide bonds. The first-order chi connectivity index (χ1) is 19.3. The van der Waals surface area contributed by atoms with Gasteiger partial charge in [0.15, 0.2) is 0 Å². The van der Waals surface area contributed by atoms with Crippen molar-refractivity contribution in [2.24, 2.45) is 0 Å². The fraction of sp³-hybridized carbons (Fsp3) is 0.0714. The summed E-state index contributed by atoms with van der Waals surface area (Å²) in [4.78, 5) is 8.63. The number of halogens is 2. The molecule has 0 aliphatic heterocycles. The molecule has 0 fully saturated rings. The Kier molecular flexibility index (Phi) is 8.56. The lowest BCUT2D eigenvalue weighted by molar-refractivity contribution is 0.424. The summed E-state index contributed by atoms with van der Waals surface area (Å²) in [5.41, 5.74) is 6.57. The van der Waals surface area contributed by atoms with Gasteiger partial charge in [-0.2, -0.15) is 0 Å². The number of rotatable bonds is 6. The van der Waals surface area contributed by atoms with Gasteiger partial charge in [-0.3, -0.25) is 0 Å². The van der Waals surface area contributed by atoms with Crippen molar-refractivity contribution < 1.29 is 20.1 Å². The van der Waals surface area contributed by atoms with E-state index in [2.05, 4.69) is 9.97 Å². The number of nitrogens with zero attached hydrogens (tertiary/aromatic N) is 4. The van der Waals surface area contributed by atoms with Crippen molar-refractivity contribution in [1.82, 2.24) is 19.1 Å². The number of fused-ring (bicyclic) bond motifs is 2. The van der Waals surface area contributed by atoms with Crippen molar-refractivity contribution in [3.8, 4) is 0 Å². The molecule has 4 aromatic carbocycles. The third kappa shape index (κ3) is 6.23. The standard InChI is InChI=1S/2C14H12BClN2O2/c16-12-2-1-3-13-14(12)17-9-18(13)8-10-4-6-11(7-5-10)15(19)20;16-12-2-1-3-13-14(12)18(9-17-13)8-10-4-6-11(7-5-10)15(19)20/h2*1-7,9,19-20H,8H2. The molecule has 12 heteroatoms. The second-order valence-corrected chi connectivity index (χ2v) is 10.0. The van der Waals surface area contributed by atoms with Crippen LogP contribution in [-0.4, -0.2) is 53.4 Å². The third-order valence-electron chi connectivity index (χ3n) is 6.45. The smallest absolute Gasteiger partial charge is 0.423 e. The van der Waals surface area contributed by atoms with Crippen molar-refractivity contribution in [2.75, 3.05) is 0 Å². The molecule has 0 aliphatic carbocycles. The highest BCUT2D eigenvalue weighted by molar-refractivity contribution is 6.58. The summed E-state index contributed by atoms with van der Waals surface area (Å²) in [7, 11) is -2.87. The van der Waals surface area contributed by atoms with Crippen molar-refractivity contribution in [1.29, 1.82) is 0 Å². The molecular formula is C28H24B2Cl2N4O4. The molecule has 0 unspecified atom stereocenters. The largest absolute Gasteiger partial charge is 0.488 e. The highest BCUT2D eigenvalue weighted by atomic mass is 35.5. The lowest BCUT2D eigenvalue weighted by atomic mass is 9.80. The van der Waals surface area contributed by atoms with Gasteiger partial charge in [0.25, 0.3) is 0 Å². The van der Waals surface area contributed by atoms with Crippen molar-refractivity contribution in [2.45, 2.75) is 13.1 Å². The zero-order valence-corrected chi connectivity index (χ0v) is 22.7. The summed E-state index contributed by atoms with van der Waals surface area (Å²) in [5, 5.41) is 37.6. The minimum absolute atomic E-state index is 0.474. The van der Waals surface area contributed by atoms with Gasteiger partial charge in [0.05, 0.1) is 39.3 Å². The fourth-order valence-electron chi connectivity index (χ4n) is 4.36. The monoisotopic (exact) mass is 572 g/mol. The van der Waals surface area contributed by atoms with Crippen LogP contribution < -0.4 is 10.9 Å². The Morgan fingerprint density at radius 2 is 1.12 bits per heavy atom. The quantitative estimate of drug-likeness (QED) is 0.228. The summed E-state index contributed by atoms with van der Waals surface area (Å²) in [6.45, 7) is 1.28. The Balaban J connectivity index is 0.000000161. The van der Waals surface area contributed by atoms with E-state index in [1.807, 2.05) is 69.8 Å². The predicted molar refractivity (Wildman–Crippen MR) is 160 cm³/mol. The number of hydrogen-bond donors (Lipinski definition) is 4. The first-order valence-corrected chi connectivity index (χ1v) is 13.1. The highest BCUT2D eigenvalue weighted by Crippen LogP contribution is 2.23. The molecule has 0 aliphatic rings. The number of imidazole rings is 2. The van der Waals surface area contributed by atoms with E-state index in [1.54, 1.807) is 36.9 Å².